The number of carboxylic acid groups (broad SMARTS) is 1. The maximum absolute atomic E-state index is 14.0. The second kappa shape index (κ2) is 9.97. The van der Waals surface area contributed by atoms with Gasteiger partial charge in [-0.3, -0.25) is 0 Å². The van der Waals surface area contributed by atoms with Crippen molar-refractivity contribution in [2.75, 3.05) is 6.61 Å². The molecule has 4 aromatic rings. The van der Waals surface area contributed by atoms with E-state index in [9.17, 15) is 18.3 Å². The Kier molecular flexibility index (Phi) is 6.72. The standard InChI is InChI=1S/C27H26N2O7S/c1-19-23(28-26(36-19)25-12-7-14-34-25)13-15-35-29(37(32,33)18-20-8-3-2-4-9-20)17-22-11-6-5-10-21(22)16-24(29)27(30)31/h2-12,14,24H,13,15-18H2,1H3/p+1. The fourth-order valence-corrected chi connectivity index (χ4v) is 6.68. The molecule has 5 rings (SSSR count). The van der Waals surface area contributed by atoms with E-state index in [1.54, 1.807) is 49.4 Å². The first kappa shape index (κ1) is 24.9. The van der Waals surface area contributed by atoms with E-state index in [2.05, 4.69) is 4.98 Å². The molecule has 0 saturated heterocycles. The van der Waals surface area contributed by atoms with Crippen LogP contribution in [0.15, 0.2) is 81.8 Å². The van der Waals surface area contributed by atoms with Crippen LogP contribution in [0.5, 0.6) is 0 Å². The molecule has 0 fully saturated rings. The number of hydrogen-bond donors (Lipinski definition) is 1. The predicted molar refractivity (Wildman–Crippen MR) is 133 cm³/mol. The number of nitrogens with zero attached hydrogens (tertiary/aromatic N) is 2. The van der Waals surface area contributed by atoms with Crippen molar-refractivity contribution in [3.63, 3.8) is 0 Å². The van der Waals surface area contributed by atoms with Gasteiger partial charge in [0.2, 0.25) is 6.04 Å². The molecule has 0 saturated carbocycles. The molecular weight excluding hydrogens is 496 g/mol. The zero-order valence-electron chi connectivity index (χ0n) is 20.2. The number of benzene rings is 2. The fraction of sp³-hybridized carbons (Fsp3) is 0.259. The maximum Gasteiger partial charge on any atom is 0.367 e. The molecule has 1 N–H and O–H groups in total. The highest BCUT2D eigenvalue weighted by Crippen LogP contribution is 2.37. The first-order valence-electron chi connectivity index (χ1n) is 11.9. The third kappa shape index (κ3) is 4.83. The summed E-state index contributed by atoms with van der Waals surface area (Å²) in [7, 11) is -4.15. The lowest BCUT2D eigenvalue weighted by Gasteiger charge is -2.41. The van der Waals surface area contributed by atoms with Crippen LogP contribution >= 0.6 is 0 Å². The Hall–Kier alpha value is -3.73. The van der Waals surface area contributed by atoms with Gasteiger partial charge in [-0.15, -0.1) is 0 Å². The lowest BCUT2D eigenvalue weighted by molar-refractivity contribution is -1.03. The van der Waals surface area contributed by atoms with Crippen molar-refractivity contribution in [3.8, 4) is 11.7 Å². The van der Waals surface area contributed by atoms with E-state index < -0.39 is 26.1 Å². The van der Waals surface area contributed by atoms with Crippen molar-refractivity contribution >= 4 is 16.0 Å². The summed E-state index contributed by atoms with van der Waals surface area (Å²) in [4.78, 5) is 23.1. The highest BCUT2D eigenvalue weighted by atomic mass is 32.2. The van der Waals surface area contributed by atoms with Crippen LogP contribution in [0.2, 0.25) is 0 Å². The predicted octanol–water partition coefficient (Wildman–Crippen LogP) is 4.27. The van der Waals surface area contributed by atoms with Crippen LogP contribution in [-0.2, 0) is 44.8 Å². The first-order valence-corrected chi connectivity index (χ1v) is 13.5. The number of carboxylic acids is 1. The van der Waals surface area contributed by atoms with Gasteiger partial charge in [-0.05, 0) is 30.2 Å². The molecule has 37 heavy (non-hydrogen) atoms. The van der Waals surface area contributed by atoms with Crippen molar-refractivity contribution in [1.82, 2.24) is 4.98 Å². The number of oxazole rings is 1. The zero-order valence-corrected chi connectivity index (χ0v) is 21.1. The van der Waals surface area contributed by atoms with Crippen molar-refractivity contribution in [2.24, 2.45) is 0 Å². The Morgan fingerprint density at radius 3 is 2.51 bits per heavy atom. The van der Waals surface area contributed by atoms with E-state index >= 15 is 0 Å². The molecule has 10 heteroatoms. The number of aromatic nitrogens is 1. The molecule has 0 radical (unpaired) electrons. The van der Waals surface area contributed by atoms with Gasteiger partial charge in [0.1, 0.15) is 18.1 Å². The van der Waals surface area contributed by atoms with Gasteiger partial charge < -0.3 is 13.9 Å². The monoisotopic (exact) mass is 523 g/mol. The Morgan fingerprint density at radius 2 is 1.81 bits per heavy atom. The molecule has 2 unspecified atom stereocenters. The maximum atomic E-state index is 14.0. The minimum atomic E-state index is -4.15. The number of aliphatic carboxylic acids is 1. The molecule has 3 heterocycles. The van der Waals surface area contributed by atoms with Crippen molar-refractivity contribution in [2.45, 2.75) is 38.1 Å². The van der Waals surface area contributed by atoms with Crippen LogP contribution in [0.3, 0.4) is 0 Å². The van der Waals surface area contributed by atoms with Crippen LogP contribution < -0.4 is 0 Å². The van der Waals surface area contributed by atoms with E-state index in [1.807, 2.05) is 24.3 Å². The number of furan rings is 1. The minimum Gasteiger partial charge on any atom is -0.477 e. The van der Waals surface area contributed by atoms with Crippen molar-refractivity contribution in [1.29, 1.82) is 0 Å². The van der Waals surface area contributed by atoms with Gasteiger partial charge in [0.15, 0.2) is 12.3 Å². The second-order valence-corrected chi connectivity index (χ2v) is 11.1. The van der Waals surface area contributed by atoms with E-state index in [0.717, 1.165) is 11.1 Å². The summed E-state index contributed by atoms with van der Waals surface area (Å²) in [5.41, 5.74) is 2.68. The summed E-state index contributed by atoms with van der Waals surface area (Å²) in [5.74, 6) is -0.252. The molecule has 0 amide bonds. The first-order chi connectivity index (χ1) is 17.8. The van der Waals surface area contributed by atoms with Crippen LogP contribution in [0.25, 0.3) is 11.7 Å². The Balaban J connectivity index is 1.48. The highest BCUT2D eigenvalue weighted by Gasteiger charge is 2.57. The molecule has 1 aliphatic rings. The topological polar surface area (TPSA) is 120 Å². The van der Waals surface area contributed by atoms with Crippen molar-refractivity contribution < 1.29 is 36.0 Å². The number of hydrogen-bond acceptors (Lipinski definition) is 7. The summed E-state index contributed by atoms with van der Waals surface area (Å²) in [6.07, 6.45) is 1.78. The Morgan fingerprint density at radius 1 is 1.08 bits per heavy atom. The summed E-state index contributed by atoms with van der Waals surface area (Å²) >= 11 is 0. The second-order valence-electron chi connectivity index (χ2n) is 9.01. The molecule has 0 spiro atoms. The third-order valence-corrected chi connectivity index (χ3v) is 8.75. The quantitative estimate of drug-likeness (QED) is 0.323. The smallest absolute Gasteiger partial charge is 0.367 e. The number of quaternary nitrogens is 1. The number of aryl methyl sites for hydroxylation is 1. The molecule has 0 aliphatic carbocycles. The van der Waals surface area contributed by atoms with E-state index in [4.69, 9.17) is 13.7 Å². The van der Waals surface area contributed by atoms with Crippen LogP contribution in [-0.4, -0.2) is 41.2 Å². The molecular formula is C27H27N2O7S+. The number of rotatable bonds is 9. The van der Waals surface area contributed by atoms with Crippen molar-refractivity contribution in [3.05, 3.63) is 101 Å². The largest absolute Gasteiger partial charge is 0.477 e. The lowest BCUT2D eigenvalue weighted by atomic mass is 9.95. The number of fused-ring (bicyclic) bond motifs is 1. The summed E-state index contributed by atoms with van der Waals surface area (Å²) in [6.45, 7) is 1.56. The van der Waals surface area contributed by atoms with Gasteiger partial charge in [0.05, 0.1) is 12.0 Å². The minimum absolute atomic E-state index is 0.0329. The SMILES string of the molecule is Cc1oc(-c2ccco2)nc1CCO[N+]1(S(=O)(=O)Cc2ccccc2)Cc2ccccc2CC1C(=O)O. The molecule has 2 aromatic carbocycles. The normalized spacial score (nSPS) is 19.4. The molecule has 192 valence electrons. The van der Waals surface area contributed by atoms with Gasteiger partial charge in [-0.25, -0.2) is 9.78 Å². The van der Waals surface area contributed by atoms with Crippen LogP contribution in [0.1, 0.15) is 28.1 Å². The molecule has 2 aromatic heterocycles. The zero-order chi connectivity index (χ0) is 26.0. The van der Waals surface area contributed by atoms with Gasteiger partial charge in [0, 0.05) is 18.4 Å². The summed E-state index contributed by atoms with van der Waals surface area (Å²) < 4.78 is 38.0. The lowest BCUT2D eigenvalue weighted by Crippen LogP contribution is -2.64. The third-order valence-electron chi connectivity index (χ3n) is 6.62. The van der Waals surface area contributed by atoms with Gasteiger partial charge in [0.25, 0.3) is 5.89 Å². The van der Waals surface area contributed by atoms with Gasteiger partial charge in [-0.1, -0.05) is 58.6 Å². The number of sulfonamides is 1. The summed E-state index contributed by atoms with van der Waals surface area (Å²) in [6, 6.07) is 18.1. The van der Waals surface area contributed by atoms with Gasteiger partial charge >= 0.3 is 16.0 Å². The Bertz CT molecular complexity index is 1500. The number of carbonyl (C=O) groups is 1. The average molecular weight is 524 g/mol. The van der Waals surface area contributed by atoms with Crippen LogP contribution in [0.4, 0.5) is 0 Å². The van der Waals surface area contributed by atoms with E-state index in [0.29, 0.717) is 28.7 Å². The Labute approximate surface area is 214 Å². The average Bonchev–Trinajstić information content (AvgIpc) is 3.54. The van der Waals surface area contributed by atoms with E-state index in [1.165, 1.54) is 6.26 Å². The van der Waals surface area contributed by atoms with E-state index in [-0.39, 0.29) is 31.7 Å². The highest BCUT2D eigenvalue weighted by molar-refractivity contribution is 7.85. The summed E-state index contributed by atoms with van der Waals surface area (Å²) in [5, 5.41) is 10.2. The molecule has 1 aliphatic heterocycles. The fourth-order valence-electron chi connectivity index (χ4n) is 4.73. The van der Waals surface area contributed by atoms with Crippen LogP contribution in [0, 0.1) is 6.92 Å². The molecule has 0 bridgehead atoms. The number of hydroxylamine groups is 2. The van der Waals surface area contributed by atoms with Gasteiger partial charge in [-0.2, -0.15) is 13.3 Å². The molecule has 9 nitrogen and oxygen atoms in total. The molecule has 2 atom stereocenters.